The number of nitrogens with zero attached hydrogens (tertiary/aromatic N) is 1. The molecule has 0 spiro atoms. The summed E-state index contributed by atoms with van der Waals surface area (Å²) in [6.45, 7) is 6.55. The van der Waals surface area contributed by atoms with Crippen molar-refractivity contribution < 1.29 is 23.9 Å². The molecule has 0 saturated heterocycles. The first-order chi connectivity index (χ1) is 14.6. The number of amides is 3. The molecule has 166 valence electrons. The van der Waals surface area contributed by atoms with E-state index in [-0.39, 0.29) is 13.1 Å². The van der Waals surface area contributed by atoms with Gasteiger partial charge in [-0.2, -0.15) is 0 Å². The van der Waals surface area contributed by atoms with Crippen molar-refractivity contribution in [1.29, 1.82) is 0 Å². The van der Waals surface area contributed by atoms with Crippen LogP contribution in [-0.4, -0.2) is 43.7 Å². The Balaban J connectivity index is 2.09. The number of hydrogen-bond acceptors (Lipinski definition) is 5. The quantitative estimate of drug-likeness (QED) is 0.659. The molecular weight excluding hydrogens is 398 g/mol. The largest absolute Gasteiger partial charge is 0.497 e. The molecule has 2 N–H and O–H groups in total. The van der Waals surface area contributed by atoms with E-state index in [2.05, 4.69) is 10.6 Å². The van der Waals surface area contributed by atoms with Gasteiger partial charge in [-0.1, -0.05) is 18.2 Å². The van der Waals surface area contributed by atoms with Crippen LogP contribution in [-0.2, 0) is 14.3 Å². The van der Waals surface area contributed by atoms with Gasteiger partial charge in [0.15, 0.2) is 0 Å². The summed E-state index contributed by atoms with van der Waals surface area (Å²) >= 11 is 0. The number of ether oxygens (including phenoxy) is 2. The Bertz CT molecular complexity index is 937. The summed E-state index contributed by atoms with van der Waals surface area (Å²) < 4.78 is 10.6. The van der Waals surface area contributed by atoms with E-state index in [1.165, 1.54) is 12.0 Å². The Morgan fingerprint density at radius 2 is 1.74 bits per heavy atom. The van der Waals surface area contributed by atoms with Crippen molar-refractivity contribution in [3.63, 3.8) is 0 Å². The zero-order chi connectivity index (χ0) is 23.0. The topological polar surface area (TPSA) is 97.0 Å². The van der Waals surface area contributed by atoms with E-state index in [4.69, 9.17) is 9.47 Å². The molecule has 0 aliphatic rings. The first kappa shape index (κ1) is 23.7. The Morgan fingerprint density at radius 3 is 2.39 bits per heavy atom. The van der Waals surface area contributed by atoms with Crippen molar-refractivity contribution >= 4 is 29.3 Å². The first-order valence-corrected chi connectivity index (χ1v) is 9.85. The van der Waals surface area contributed by atoms with E-state index in [1.807, 2.05) is 25.1 Å². The summed E-state index contributed by atoms with van der Waals surface area (Å²) in [5.41, 5.74) is 1.38. The molecule has 0 unspecified atom stereocenters. The van der Waals surface area contributed by atoms with E-state index in [9.17, 15) is 14.4 Å². The lowest BCUT2D eigenvalue weighted by atomic mass is 10.2. The molecule has 2 rings (SSSR count). The molecular formula is C23H29N3O5. The minimum absolute atomic E-state index is 0.301. The highest BCUT2D eigenvalue weighted by molar-refractivity contribution is 6.01. The predicted octanol–water partition coefficient (Wildman–Crippen LogP) is 3.50. The number of urea groups is 1. The molecule has 0 heterocycles. The number of rotatable bonds is 7. The fraction of sp³-hybridized carbons (Fsp3) is 0.348. The van der Waals surface area contributed by atoms with E-state index in [0.717, 1.165) is 5.56 Å². The second-order valence-corrected chi connectivity index (χ2v) is 7.94. The molecule has 0 radical (unpaired) electrons. The van der Waals surface area contributed by atoms with Crippen LogP contribution >= 0.6 is 0 Å². The van der Waals surface area contributed by atoms with E-state index < -0.39 is 23.5 Å². The number of aryl methyl sites for hydroxylation is 1. The first-order valence-electron chi connectivity index (χ1n) is 9.85. The Labute approximate surface area is 182 Å². The summed E-state index contributed by atoms with van der Waals surface area (Å²) in [6, 6.07) is 13.5. The van der Waals surface area contributed by atoms with Crippen LogP contribution in [0, 0.1) is 6.92 Å². The van der Waals surface area contributed by atoms with Crippen LogP contribution in [0.2, 0.25) is 0 Å². The predicted molar refractivity (Wildman–Crippen MR) is 119 cm³/mol. The Hall–Kier alpha value is -3.55. The van der Waals surface area contributed by atoms with Crippen LogP contribution < -0.4 is 20.3 Å². The summed E-state index contributed by atoms with van der Waals surface area (Å²) in [4.78, 5) is 38.7. The lowest BCUT2D eigenvalue weighted by Gasteiger charge is -2.25. The van der Waals surface area contributed by atoms with Gasteiger partial charge in [-0.3, -0.25) is 14.5 Å². The number of carbonyl (C=O) groups is 3. The van der Waals surface area contributed by atoms with Crippen molar-refractivity contribution in [2.45, 2.75) is 33.3 Å². The Morgan fingerprint density at radius 1 is 1.03 bits per heavy atom. The van der Waals surface area contributed by atoms with Gasteiger partial charge in [-0.15, -0.1) is 0 Å². The number of anilines is 2. The number of esters is 1. The number of benzene rings is 2. The molecule has 8 nitrogen and oxygen atoms in total. The molecule has 31 heavy (non-hydrogen) atoms. The fourth-order valence-corrected chi connectivity index (χ4v) is 2.75. The standard InChI is InChI=1S/C23H29N3O5/c1-16-8-6-9-17(12-16)25-22(29)24-14-20(27)26(15-21(28)31-23(2,3)4)18-10-7-11-19(13-18)30-5/h6-13H,14-15H2,1-5H3,(H2,24,25,29). The summed E-state index contributed by atoms with van der Waals surface area (Å²) in [5.74, 6) is -0.504. The lowest BCUT2D eigenvalue weighted by Crippen LogP contribution is -2.45. The van der Waals surface area contributed by atoms with E-state index in [0.29, 0.717) is 17.1 Å². The maximum absolute atomic E-state index is 12.9. The highest BCUT2D eigenvalue weighted by Gasteiger charge is 2.24. The molecule has 2 aromatic carbocycles. The van der Waals surface area contributed by atoms with Gasteiger partial charge >= 0.3 is 12.0 Å². The molecule has 0 bridgehead atoms. The minimum atomic E-state index is -0.688. The Kier molecular flexibility index (Phi) is 8.01. The molecule has 0 atom stereocenters. The van der Waals surface area contributed by atoms with Gasteiger partial charge in [-0.25, -0.2) is 4.79 Å². The van der Waals surface area contributed by atoms with E-state index in [1.54, 1.807) is 51.1 Å². The third-order valence-electron chi connectivity index (χ3n) is 4.05. The molecule has 0 aliphatic heterocycles. The smallest absolute Gasteiger partial charge is 0.326 e. The fourth-order valence-electron chi connectivity index (χ4n) is 2.75. The maximum atomic E-state index is 12.9. The third kappa shape index (κ3) is 8.00. The van der Waals surface area contributed by atoms with Gasteiger partial charge in [0.25, 0.3) is 0 Å². The van der Waals surface area contributed by atoms with Crippen LogP contribution in [0.4, 0.5) is 16.2 Å². The summed E-state index contributed by atoms with van der Waals surface area (Å²) in [7, 11) is 1.51. The molecule has 0 aliphatic carbocycles. The normalized spacial score (nSPS) is 10.7. The van der Waals surface area contributed by atoms with Crippen molar-refractivity contribution in [1.82, 2.24) is 5.32 Å². The molecule has 2 aromatic rings. The van der Waals surface area contributed by atoms with Gasteiger partial charge in [-0.05, 0) is 57.5 Å². The highest BCUT2D eigenvalue weighted by atomic mass is 16.6. The summed E-state index contributed by atoms with van der Waals surface area (Å²) in [6.07, 6.45) is 0. The maximum Gasteiger partial charge on any atom is 0.326 e. The van der Waals surface area contributed by atoms with Crippen molar-refractivity contribution in [2.24, 2.45) is 0 Å². The zero-order valence-corrected chi connectivity index (χ0v) is 18.5. The molecule has 0 saturated carbocycles. The molecule has 3 amide bonds. The second-order valence-electron chi connectivity index (χ2n) is 7.94. The molecule has 8 heteroatoms. The van der Waals surface area contributed by atoms with Crippen LogP contribution in [0.3, 0.4) is 0 Å². The minimum Gasteiger partial charge on any atom is -0.497 e. The third-order valence-corrected chi connectivity index (χ3v) is 4.05. The summed E-state index contributed by atoms with van der Waals surface area (Å²) in [5, 5.41) is 5.20. The van der Waals surface area contributed by atoms with Gasteiger partial charge in [0.05, 0.1) is 13.7 Å². The van der Waals surface area contributed by atoms with Gasteiger partial charge < -0.3 is 20.1 Å². The number of methoxy groups -OCH3 is 1. The average molecular weight is 428 g/mol. The highest BCUT2D eigenvalue weighted by Crippen LogP contribution is 2.21. The van der Waals surface area contributed by atoms with Crippen LogP contribution in [0.5, 0.6) is 5.75 Å². The molecule has 0 aromatic heterocycles. The van der Waals surface area contributed by atoms with Crippen LogP contribution in [0.25, 0.3) is 0 Å². The van der Waals surface area contributed by atoms with Gasteiger partial charge in [0, 0.05) is 17.4 Å². The SMILES string of the molecule is COc1cccc(N(CC(=O)OC(C)(C)C)C(=O)CNC(=O)Nc2cccc(C)c2)c1. The van der Waals surface area contributed by atoms with E-state index >= 15 is 0 Å². The van der Waals surface area contributed by atoms with Crippen molar-refractivity contribution in [3.8, 4) is 5.75 Å². The second kappa shape index (κ2) is 10.5. The number of nitrogens with one attached hydrogen (secondary N) is 2. The van der Waals surface area contributed by atoms with Crippen LogP contribution in [0.1, 0.15) is 26.3 Å². The monoisotopic (exact) mass is 427 g/mol. The van der Waals surface area contributed by atoms with Crippen LogP contribution in [0.15, 0.2) is 48.5 Å². The van der Waals surface area contributed by atoms with Crippen molar-refractivity contribution in [2.75, 3.05) is 30.4 Å². The van der Waals surface area contributed by atoms with Crippen molar-refractivity contribution in [3.05, 3.63) is 54.1 Å². The number of carbonyl (C=O) groups excluding carboxylic acids is 3. The number of hydrogen-bond donors (Lipinski definition) is 2. The lowest BCUT2D eigenvalue weighted by molar-refractivity contribution is -0.153. The average Bonchev–Trinajstić information content (AvgIpc) is 2.69. The van der Waals surface area contributed by atoms with Gasteiger partial charge in [0.1, 0.15) is 17.9 Å². The van der Waals surface area contributed by atoms with Gasteiger partial charge in [0.2, 0.25) is 5.91 Å². The molecule has 0 fully saturated rings. The zero-order valence-electron chi connectivity index (χ0n) is 18.5.